The summed E-state index contributed by atoms with van der Waals surface area (Å²) in [6.07, 6.45) is 1.79. The van der Waals surface area contributed by atoms with Gasteiger partial charge in [0.25, 0.3) is 0 Å². The van der Waals surface area contributed by atoms with Crippen LogP contribution in [0, 0.1) is 12.7 Å². The second-order valence-electron chi connectivity index (χ2n) is 6.11. The van der Waals surface area contributed by atoms with Crippen LogP contribution in [0.2, 0.25) is 0 Å². The quantitative estimate of drug-likeness (QED) is 0.677. The lowest BCUT2D eigenvalue weighted by Gasteiger charge is -2.12. The number of amides is 1. The number of methoxy groups -OCH3 is 1. The normalized spacial score (nSPS) is 10.3. The van der Waals surface area contributed by atoms with Crippen LogP contribution >= 0.6 is 0 Å². The molecule has 0 unspecified atom stereocenters. The molecule has 0 atom stereocenters. The Kier molecular flexibility index (Phi) is 5.66. The van der Waals surface area contributed by atoms with Crippen LogP contribution in [0.3, 0.4) is 0 Å². The van der Waals surface area contributed by atoms with Gasteiger partial charge in [0.15, 0.2) is 0 Å². The number of aromatic nitrogens is 1. The minimum Gasteiger partial charge on any atom is -0.495 e. The molecule has 6 heteroatoms. The number of carbonyl (C=O) groups excluding carboxylic acids is 1. The number of hydrogen-bond acceptors (Lipinski definition) is 4. The van der Waals surface area contributed by atoms with Gasteiger partial charge in [0.1, 0.15) is 17.4 Å². The molecule has 0 saturated carbocycles. The second-order valence-corrected chi connectivity index (χ2v) is 6.11. The van der Waals surface area contributed by atoms with Crippen LogP contribution in [0.4, 0.5) is 21.6 Å². The minimum absolute atomic E-state index is 0.155. The maximum absolute atomic E-state index is 12.9. The summed E-state index contributed by atoms with van der Waals surface area (Å²) in [5.74, 6) is 0.644. The van der Waals surface area contributed by atoms with E-state index in [4.69, 9.17) is 4.74 Å². The number of rotatable bonds is 6. The molecule has 0 aliphatic carbocycles. The molecule has 5 nitrogen and oxygen atoms in total. The van der Waals surface area contributed by atoms with Gasteiger partial charge in [-0.1, -0.05) is 18.2 Å². The third kappa shape index (κ3) is 5.04. The molecule has 27 heavy (non-hydrogen) atoms. The van der Waals surface area contributed by atoms with Crippen LogP contribution in [-0.4, -0.2) is 18.0 Å². The minimum atomic E-state index is -0.325. The van der Waals surface area contributed by atoms with Crippen molar-refractivity contribution >= 4 is 23.1 Å². The van der Waals surface area contributed by atoms with Crippen molar-refractivity contribution in [3.63, 3.8) is 0 Å². The van der Waals surface area contributed by atoms with Crippen LogP contribution in [0.15, 0.2) is 60.8 Å². The first-order chi connectivity index (χ1) is 13.0. The molecular weight excluding hydrogens is 345 g/mol. The zero-order valence-corrected chi connectivity index (χ0v) is 15.1. The first-order valence-electron chi connectivity index (χ1n) is 8.45. The number of pyridine rings is 1. The van der Waals surface area contributed by atoms with Crippen molar-refractivity contribution < 1.29 is 13.9 Å². The maximum Gasteiger partial charge on any atom is 0.229 e. The van der Waals surface area contributed by atoms with E-state index in [1.807, 2.05) is 31.2 Å². The molecule has 2 aromatic carbocycles. The largest absolute Gasteiger partial charge is 0.495 e. The highest BCUT2D eigenvalue weighted by molar-refractivity contribution is 5.91. The predicted octanol–water partition coefficient (Wildman–Crippen LogP) is 4.46. The molecule has 1 amide bonds. The van der Waals surface area contributed by atoms with Gasteiger partial charge in [0.2, 0.25) is 5.91 Å². The van der Waals surface area contributed by atoms with Crippen molar-refractivity contribution in [2.24, 2.45) is 0 Å². The van der Waals surface area contributed by atoms with E-state index in [-0.39, 0.29) is 18.1 Å². The maximum atomic E-state index is 12.9. The van der Waals surface area contributed by atoms with E-state index in [2.05, 4.69) is 15.6 Å². The molecule has 1 aromatic heterocycles. The lowest BCUT2D eigenvalue weighted by molar-refractivity contribution is -0.115. The Bertz CT molecular complexity index is 925. The Balaban J connectivity index is 1.62. The summed E-state index contributed by atoms with van der Waals surface area (Å²) in [6, 6.07) is 15.2. The van der Waals surface area contributed by atoms with Crippen molar-refractivity contribution in [2.75, 3.05) is 17.7 Å². The SMILES string of the molecule is COc1ccc(C)cc1Nc1ccc(NC(=O)Cc2ccc(F)cc2)nc1. The molecule has 0 aliphatic rings. The van der Waals surface area contributed by atoms with Crippen LogP contribution < -0.4 is 15.4 Å². The fourth-order valence-electron chi connectivity index (χ4n) is 2.59. The molecule has 0 aliphatic heterocycles. The molecule has 0 saturated heterocycles. The van der Waals surface area contributed by atoms with E-state index in [0.29, 0.717) is 5.82 Å². The standard InChI is InChI=1S/C21H20FN3O2/c1-14-3-9-19(27-2)18(11-14)24-17-8-10-20(23-13-17)25-21(26)12-15-4-6-16(22)7-5-15/h3-11,13,24H,12H2,1-2H3,(H,23,25,26). The monoisotopic (exact) mass is 365 g/mol. The van der Waals surface area contributed by atoms with E-state index in [0.717, 1.165) is 28.3 Å². The molecule has 1 heterocycles. The number of anilines is 3. The number of benzene rings is 2. The third-order valence-electron chi connectivity index (χ3n) is 3.94. The van der Waals surface area contributed by atoms with Crippen molar-refractivity contribution in [1.82, 2.24) is 4.98 Å². The fraction of sp³-hybridized carbons (Fsp3) is 0.143. The number of carbonyl (C=O) groups is 1. The average Bonchev–Trinajstić information content (AvgIpc) is 2.65. The summed E-state index contributed by atoms with van der Waals surface area (Å²) in [4.78, 5) is 16.3. The van der Waals surface area contributed by atoms with Gasteiger partial charge in [-0.25, -0.2) is 9.37 Å². The van der Waals surface area contributed by atoms with Crippen LogP contribution in [0.1, 0.15) is 11.1 Å². The van der Waals surface area contributed by atoms with Crippen molar-refractivity contribution in [1.29, 1.82) is 0 Å². The van der Waals surface area contributed by atoms with Gasteiger partial charge < -0.3 is 15.4 Å². The van der Waals surface area contributed by atoms with Crippen molar-refractivity contribution in [3.05, 3.63) is 77.7 Å². The smallest absolute Gasteiger partial charge is 0.229 e. The Morgan fingerprint density at radius 3 is 2.56 bits per heavy atom. The van der Waals surface area contributed by atoms with Crippen LogP contribution in [-0.2, 0) is 11.2 Å². The molecule has 3 rings (SSSR count). The van der Waals surface area contributed by atoms with Crippen molar-refractivity contribution in [2.45, 2.75) is 13.3 Å². The number of aryl methyl sites for hydroxylation is 1. The van der Waals surface area contributed by atoms with Gasteiger partial charge in [-0.3, -0.25) is 4.79 Å². The summed E-state index contributed by atoms with van der Waals surface area (Å²) in [5, 5.41) is 5.99. The zero-order chi connectivity index (χ0) is 19.2. The number of halogens is 1. The highest BCUT2D eigenvalue weighted by Gasteiger charge is 2.07. The molecule has 138 valence electrons. The molecule has 0 bridgehead atoms. The van der Waals surface area contributed by atoms with E-state index in [9.17, 15) is 9.18 Å². The topological polar surface area (TPSA) is 63.2 Å². The Morgan fingerprint density at radius 1 is 1.11 bits per heavy atom. The molecule has 0 fully saturated rings. The van der Waals surface area contributed by atoms with E-state index in [1.165, 1.54) is 12.1 Å². The average molecular weight is 365 g/mol. The van der Waals surface area contributed by atoms with Gasteiger partial charge in [0.05, 0.1) is 31.1 Å². The first-order valence-corrected chi connectivity index (χ1v) is 8.45. The Labute approximate surface area is 157 Å². The van der Waals surface area contributed by atoms with Crippen molar-refractivity contribution in [3.8, 4) is 5.75 Å². The van der Waals surface area contributed by atoms with E-state index in [1.54, 1.807) is 31.5 Å². The molecular formula is C21H20FN3O2. The highest BCUT2D eigenvalue weighted by atomic mass is 19.1. The van der Waals surface area contributed by atoms with Gasteiger partial charge in [-0.2, -0.15) is 0 Å². The van der Waals surface area contributed by atoms with E-state index >= 15 is 0 Å². The van der Waals surface area contributed by atoms with Gasteiger partial charge in [0, 0.05) is 0 Å². The second kappa shape index (κ2) is 8.31. The predicted molar refractivity (Wildman–Crippen MR) is 104 cm³/mol. The van der Waals surface area contributed by atoms with Gasteiger partial charge in [-0.15, -0.1) is 0 Å². The van der Waals surface area contributed by atoms with Crippen LogP contribution in [0.25, 0.3) is 0 Å². The first kappa shape index (κ1) is 18.4. The summed E-state index contributed by atoms with van der Waals surface area (Å²) >= 11 is 0. The fourth-order valence-corrected chi connectivity index (χ4v) is 2.59. The number of ether oxygens (including phenoxy) is 1. The van der Waals surface area contributed by atoms with Gasteiger partial charge in [-0.05, 0) is 54.4 Å². The zero-order valence-electron chi connectivity index (χ0n) is 15.1. The summed E-state index contributed by atoms with van der Waals surface area (Å²) in [6.45, 7) is 2.00. The van der Waals surface area contributed by atoms with E-state index < -0.39 is 0 Å². The molecule has 0 radical (unpaired) electrons. The summed E-state index contributed by atoms with van der Waals surface area (Å²) in [7, 11) is 1.62. The molecule has 0 spiro atoms. The van der Waals surface area contributed by atoms with Gasteiger partial charge >= 0.3 is 0 Å². The summed E-state index contributed by atoms with van der Waals surface area (Å²) in [5.41, 5.74) is 3.46. The summed E-state index contributed by atoms with van der Waals surface area (Å²) < 4.78 is 18.3. The number of hydrogen-bond donors (Lipinski definition) is 2. The number of nitrogens with zero attached hydrogens (tertiary/aromatic N) is 1. The molecule has 3 aromatic rings. The Hall–Kier alpha value is -3.41. The lowest BCUT2D eigenvalue weighted by Crippen LogP contribution is -2.15. The molecule has 2 N–H and O–H groups in total. The number of nitrogens with one attached hydrogen (secondary N) is 2. The third-order valence-corrected chi connectivity index (χ3v) is 3.94. The highest BCUT2D eigenvalue weighted by Crippen LogP contribution is 2.28. The Morgan fingerprint density at radius 2 is 1.89 bits per heavy atom. The van der Waals surface area contributed by atoms with Crippen LogP contribution in [0.5, 0.6) is 5.75 Å². The lowest BCUT2D eigenvalue weighted by atomic mass is 10.1.